The molecule has 0 radical (unpaired) electrons. The van der Waals surface area contributed by atoms with E-state index in [0.29, 0.717) is 67.8 Å². The van der Waals surface area contributed by atoms with Gasteiger partial charge in [0.1, 0.15) is 11.4 Å². The molecule has 1 aromatic heterocycles. The molecule has 1 heterocycles. The van der Waals surface area contributed by atoms with E-state index in [9.17, 15) is 18.0 Å². The number of pyridine rings is 1. The number of methoxy groups -OCH3 is 2. The van der Waals surface area contributed by atoms with Crippen molar-refractivity contribution in [3.8, 4) is 28.0 Å². The number of hydrogen-bond acceptors (Lipinski definition) is 8. The van der Waals surface area contributed by atoms with Crippen LogP contribution >= 0.6 is 0 Å². The Kier molecular flexibility index (Phi) is 14.3. The molecule has 252 valence electrons. The van der Waals surface area contributed by atoms with Crippen molar-refractivity contribution >= 4 is 6.09 Å². The third kappa shape index (κ3) is 12.2. The third-order valence-electron chi connectivity index (χ3n) is 6.54. The zero-order valence-electron chi connectivity index (χ0n) is 27.0. The fraction of sp³-hybridized carbons (Fsp3) is 0.471. The number of aromatic nitrogens is 1. The number of nitrogens with zero attached hydrogens (tertiary/aromatic N) is 2. The van der Waals surface area contributed by atoms with Crippen LogP contribution in [0.3, 0.4) is 0 Å². The maximum absolute atomic E-state index is 13.4. The minimum Gasteiger partial charge on any atom is -0.496 e. The molecule has 0 fully saturated rings. The molecule has 0 spiro atoms. The number of hydrogen-bond donors (Lipinski definition) is 0. The van der Waals surface area contributed by atoms with Crippen molar-refractivity contribution < 1.29 is 46.4 Å². The summed E-state index contributed by atoms with van der Waals surface area (Å²) in [7, 11) is 3.14. The number of halogens is 3. The smallest absolute Gasteiger partial charge is 0.416 e. The molecule has 0 atom stereocenters. The van der Waals surface area contributed by atoms with Crippen molar-refractivity contribution in [1.29, 1.82) is 0 Å². The summed E-state index contributed by atoms with van der Waals surface area (Å²) in [4.78, 5) is 19.1. The van der Waals surface area contributed by atoms with Gasteiger partial charge in [0.2, 0.25) is 0 Å². The summed E-state index contributed by atoms with van der Waals surface area (Å²) >= 11 is 0. The zero-order chi connectivity index (χ0) is 33.6. The molecule has 46 heavy (non-hydrogen) atoms. The highest BCUT2D eigenvalue weighted by Crippen LogP contribution is 2.37. The summed E-state index contributed by atoms with van der Waals surface area (Å²) in [5.41, 5.74) is 1.54. The number of amides is 1. The van der Waals surface area contributed by atoms with Gasteiger partial charge >= 0.3 is 12.3 Å². The van der Waals surface area contributed by atoms with E-state index in [0.717, 1.165) is 17.7 Å². The summed E-state index contributed by atoms with van der Waals surface area (Å²) in [6.07, 6.45) is -3.36. The average Bonchev–Trinajstić information content (AvgIpc) is 3.01. The molecule has 0 aliphatic rings. The summed E-state index contributed by atoms with van der Waals surface area (Å²) in [6, 6.07) is 14.0. The Morgan fingerprint density at radius 1 is 0.783 bits per heavy atom. The van der Waals surface area contributed by atoms with Crippen molar-refractivity contribution in [1.82, 2.24) is 9.88 Å². The predicted molar refractivity (Wildman–Crippen MR) is 168 cm³/mol. The summed E-state index contributed by atoms with van der Waals surface area (Å²) < 4.78 is 72.8. The van der Waals surface area contributed by atoms with Gasteiger partial charge in [-0.2, -0.15) is 13.2 Å². The maximum Gasteiger partial charge on any atom is 0.416 e. The van der Waals surface area contributed by atoms with Gasteiger partial charge < -0.3 is 28.4 Å². The van der Waals surface area contributed by atoms with E-state index in [4.69, 9.17) is 28.4 Å². The lowest BCUT2D eigenvalue weighted by Crippen LogP contribution is -2.38. The molecule has 3 aromatic rings. The molecular weight excluding hydrogens is 605 g/mol. The lowest BCUT2D eigenvalue weighted by atomic mass is 9.97. The van der Waals surface area contributed by atoms with Crippen LogP contribution in [0, 0.1) is 0 Å². The molecule has 0 saturated heterocycles. The Labute approximate surface area is 268 Å². The van der Waals surface area contributed by atoms with Crippen LogP contribution in [-0.4, -0.2) is 88.6 Å². The lowest BCUT2D eigenvalue weighted by molar-refractivity contribution is -0.137. The van der Waals surface area contributed by atoms with Gasteiger partial charge in [-0.3, -0.25) is 9.88 Å². The summed E-state index contributed by atoms with van der Waals surface area (Å²) in [6.45, 7) is 8.66. The average molecular weight is 649 g/mol. The van der Waals surface area contributed by atoms with Crippen LogP contribution in [-0.2, 0) is 36.4 Å². The Balaban J connectivity index is 1.72. The minimum atomic E-state index is -4.45. The zero-order valence-corrected chi connectivity index (χ0v) is 27.0. The van der Waals surface area contributed by atoms with Crippen molar-refractivity contribution in [2.75, 3.05) is 67.0 Å². The highest BCUT2D eigenvalue weighted by molar-refractivity contribution is 5.78. The van der Waals surface area contributed by atoms with E-state index in [-0.39, 0.29) is 19.7 Å². The maximum atomic E-state index is 13.4. The van der Waals surface area contributed by atoms with Gasteiger partial charge in [0.15, 0.2) is 0 Å². The van der Waals surface area contributed by atoms with Crippen molar-refractivity contribution in [3.63, 3.8) is 0 Å². The molecule has 0 N–H and O–H groups in total. The third-order valence-corrected chi connectivity index (χ3v) is 6.54. The second-order valence-electron chi connectivity index (χ2n) is 11.3. The highest BCUT2D eigenvalue weighted by Gasteiger charge is 2.30. The quantitative estimate of drug-likeness (QED) is 0.147. The standard InChI is InChI=1S/C34H43F3N2O7/c1-33(2,3)46-32(40)39(13-14-43-17-18-45-20-19-44-16-15-41-4)24-29-22-27(11-12-38-29)30-23-26(9-10-31(30)42-5)25-7-6-8-28(21-25)34(35,36)37/h6-12,21-23H,13-20,24H2,1-5H3. The Morgan fingerprint density at radius 2 is 1.43 bits per heavy atom. The number of ether oxygens (including phenoxy) is 6. The van der Waals surface area contributed by atoms with Crippen LogP contribution in [0.2, 0.25) is 0 Å². The Bertz CT molecular complexity index is 1380. The van der Waals surface area contributed by atoms with Crippen molar-refractivity contribution in [2.45, 2.75) is 39.1 Å². The SMILES string of the molecule is COCCOCCOCCOCCN(Cc1cc(-c2cc(-c3cccc(C(F)(F)F)c3)ccc2OC)ccn1)C(=O)OC(C)(C)C. The van der Waals surface area contributed by atoms with Crippen molar-refractivity contribution in [2.24, 2.45) is 0 Å². The Hall–Kier alpha value is -3.71. The molecular formula is C34H43F3N2O7. The molecule has 0 aliphatic heterocycles. The highest BCUT2D eigenvalue weighted by atomic mass is 19.4. The first-order chi connectivity index (χ1) is 21.9. The van der Waals surface area contributed by atoms with Crippen LogP contribution in [0.15, 0.2) is 60.8 Å². The van der Waals surface area contributed by atoms with Gasteiger partial charge in [-0.15, -0.1) is 0 Å². The van der Waals surface area contributed by atoms with Gasteiger partial charge in [0.05, 0.1) is 71.2 Å². The topological polar surface area (TPSA) is 88.6 Å². The van der Waals surface area contributed by atoms with Crippen LogP contribution in [0.4, 0.5) is 18.0 Å². The second kappa shape index (κ2) is 17.8. The molecule has 12 heteroatoms. The van der Waals surface area contributed by atoms with Crippen molar-refractivity contribution in [3.05, 3.63) is 72.1 Å². The predicted octanol–water partition coefficient (Wildman–Crippen LogP) is 6.88. The van der Waals surface area contributed by atoms with E-state index >= 15 is 0 Å². The Morgan fingerprint density at radius 3 is 2.07 bits per heavy atom. The molecule has 2 aromatic carbocycles. The molecule has 0 saturated carbocycles. The van der Waals surface area contributed by atoms with Crippen LogP contribution in [0.5, 0.6) is 5.75 Å². The largest absolute Gasteiger partial charge is 0.496 e. The molecule has 0 bridgehead atoms. The summed E-state index contributed by atoms with van der Waals surface area (Å²) in [5.74, 6) is 0.536. The van der Waals surface area contributed by atoms with Gasteiger partial charge in [-0.05, 0) is 73.9 Å². The molecule has 3 rings (SSSR count). The van der Waals surface area contributed by atoms with Crippen LogP contribution in [0.1, 0.15) is 32.0 Å². The van der Waals surface area contributed by atoms with Gasteiger partial charge in [0, 0.05) is 25.4 Å². The number of rotatable bonds is 17. The second-order valence-corrected chi connectivity index (χ2v) is 11.3. The van der Waals surface area contributed by atoms with E-state index in [2.05, 4.69) is 4.98 Å². The molecule has 9 nitrogen and oxygen atoms in total. The van der Waals surface area contributed by atoms with E-state index in [1.807, 2.05) is 6.07 Å². The van der Waals surface area contributed by atoms with E-state index in [1.54, 1.807) is 64.4 Å². The number of carbonyl (C=O) groups excluding carboxylic acids is 1. The minimum absolute atomic E-state index is 0.136. The normalized spacial score (nSPS) is 11.8. The fourth-order valence-electron chi connectivity index (χ4n) is 4.34. The van der Waals surface area contributed by atoms with E-state index < -0.39 is 23.4 Å². The lowest BCUT2D eigenvalue weighted by Gasteiger charge is -2.27. The first kappa shape index (κ1) is 36.8. The summed E-state index contributed by atoms with van der Waals surface area (Å²) in [5, 5.41) is 0. The van der Waals surface area contributed by atoms with Gasteiger partial charge in [0.25, 0.3) is 0 Å². The molecule has 0 aliphatic carbocycles. The monoisotopic (exact) mass is 648 g/mol. The number of benzene rings is 2. The fourth-order valence-corrected chi connectivity index (χ4v) is 4.34. The van der Waals surface area contributed by atoms with E-state index in [1.165, 1.54) is 18.1 Å². The molecule has 1 amide bonds. The molecule has 0 unspecified atom stereocenters. The first-order valence-corrected chi connectivity index (χ1v) is 14.9. The number of carbonyl (C=O) groups is 1. The van der Waals surface area contributed by atoms with Gasteiger partial charge in [-0.1, -0.05) is 18.2 Å². The van der Waals surface area contributed by atoms with Crippen LogP contribution in [0.25, 0.3) is 22.3 Å². The first-order valence-electron chi connectivity index (χ1n) is 14.9. The van der Waals surface area contributed by atoms with Gasteiger partial charge in [-0.25, -0.2) is 4.79 Å². The number of alkyl halides is 3. The van der Waals surface area contributed by atoms with Crippen LogP contribution < -0.4 is 4.74 Å².